The molecule has 7 nitrogen and oxygen atoms in total. The number of aromatic carboxylic acids is 1. The van der Waals surface area contributed by atoms with Gasteiger partial charge in [0.25, 0.3) is 0 Å². The Morgan fingerprint density at radius 1 is 1.48 bits per heavy atom. The van der Waals surface area contributed by atoms with Gasteiger partial charge in [0.2, 0.25) is 0 Å². The van der Waals surface area contributed by atoms with Crippen molar-refractivity contribution < 1.29 is 9.90 Å². The molecule has 0 radical (unpaired) electrons. The number of hydrogen-bond donors (Lipinski definition) is 2. The molecule has 0 amide bonds. The van der Waals surface area contributed by atoms with Crippen LogP contribution in [0.3, 0.4) is 0 Å². The molecule has 3 rings (SSSR count). The van der Waals surface area contributed by atoms with Gasteiger partial charge >= 0.3 is 5.97 Å². The topological polar surface area (TPSA) is 83.3 Å². The highest BCUT2D eigenvalue weighted by atomic mass is 16.4. The van der Waals surface area contributed by atoms with Gasteiger partial charge in [0.1, 0.15) is 5.56 Å². The molecule has 21 heavy (non-hydrogen) atoms. The maximum atomic E-state index is 11.4. The summed E-state index contributed by atoms with van der Waals surface area (Å²) in [7, 11) is 3.90. The number of carboxylic acid groups (broad SMARTS) is 1. The summed E-state index contributed by atoms with van der Waals surface area (Å²) in [6.45, 7) is 2.89. The zero-order valence-electron chi connectivity index (χ0n) is 12.2. The molecule has 0 spiro atoms. The van der Waals surface area contributed by atoms with Gasteiger partial charge in [-0.25, -0.2) is 9.78 Å². The quantitative estimate of drug-likeness (QED) is 0.874. The average Bonchev–Trinajstić information content (AvgIpc) is 3.03. The monoisotopic (exact) mass is 289 g/mol. The lowest BCUT2D eigenvalue weighted by molar-refractivity contribution is 0.0697. The van der Waals surface area contributed by atoms with Gasteiger partial charge in [-0.3, -0.25) is 4.68 Å². The van der Waals surface area contributed by atoms with Crippen LogP contribution in [0, 0.1) is 5.92 Å². The number of nitrogens with zero attached hydrogens (tertiary/aromatic N) is 4. The van der Waals surface area contributed by atoms with Crippen LogP contribution in [0.4, 0.5) is 5.69 Å². The first kappa shape index (κ1) is 13.8. The van der Waals surface area contributed by atoms with Crippen LogP contribution in [0.2, 0.25) is 0 Å². The average molecular weight is 289 g/mol. The Bertz CT molecular complexity index is 681. The first-order valence-corrected chi connectivity index (χ1v) is 7.02. The molecule has 1 aliphatic rings. The second-order valence-electron chi connectivity index (χ2n) is 5.66. The van der Waals surface area contributed by atoms with Crippen molar-refractivity contribution in [2.75, 3.05) is 32.0 Å². The lowest BCUT2D eigenvalue weighted by Crippen LogP contribution is -2.20. The second-order valence-corrected chi connectivity index (χ2v) is 5.66. The van der Waals surface area contributed by atoms with Crippen LogP contribution in [0.1, 0.15) is 16.8 Å². The van der Waals surface area contributed by atoms with Crippen molar-refractivity contribution in [3.63, 3.8) is 0 Å². The first-order valence-electron chi connectivity index (χ1n) is 7.02. The molecule has 3 heterocycles. The van der Waals surface area contributed by atoms with E-state index < -0.39 is 5.97 Å². The molecular weight excluding hydrogens is 270 g/mol. The number of likely N-dealkylation sites (tertiary alicyclic amines) is 1. The highest BCUT2D eigenvalue weighted by Crippen LogP contribution is 2.26. The van der Waals surface area contributed by atoms with E-state index in [2.05, 4.69) is 27.3 Å². The molecule has 1 saturated heterocycles. The normalized spacial score (nSPS) is 19.2. The van der Waals surface area contributed by atoms with Gasteiger partial charge in [-0.05, 0) is 25.9 Å². The van der Waals surface area contributed by atoms with Crippen LogP contribution in [0.15, 0.2) is 12.4 Å². The van der Waals surface area contributed by atoms with Crippen molar-refractivity contribution in [1.29, 1.82) is 0 Å². The van der Waals surface area contributed by atoms with Crippen LogP contribution in [0.5, 0.6) is 0 Å². The highest BCUT2D eigenvalue weighted by molar-refractivity contribution is 6.03. The molecule has 2 N–H and O–H groups in total. The van der Waals surface area contributed by atoms with E-state index >= 15 is 0 Å². The van der Waals surface area contributed by atoms with Crippen LogP contribution in [-0.2, 0) is 7.05 Å². The number of nitrogens with one attached hydrogen (secondary N) is 1. The number of anilines is 1. The molecule has 0 saturated carbocycles. The number of carboxylic acids is 1. The third kappa shape index (κ3) is 2.56. The summed E-state index contributed by atoms with van der Waals surface area (Å²) < 4.78 is 1.65. The number of carbonyl (C=O) groups is 1. The minimum absolute atomic E-state index is 0.196. The number of rotatable bonds is 4. The molecule has 0 bridgehead atoms. The fourth-order valence-electron chi connectivity index (χ4n) is 2.89. The molecule has 1 atom stereocenters. The Labute approximate surface area is 122 Å². The lowest BCUT2D eigenvalue weighted by atomic mass is 10.1. The molecule has 1 aliphatic heterocycles. The lowest BCUT2D eigenvalue weighted by Gasteiger charge is -2.15. The Kier molecular flexibility index (Phi) is 3.50. The van der Waals surface area contributed by atoms with E-state index in [4.69, 9.17) is 0 Å². The highest BCUT2D eigenvalue weighted by Gasteiger charge is 2.21. The van der Waals surface area contributed by atoms with Gasteiger partial charge in [0.05, 0.1) is 17.3 Å². The largest absolute Gasteiger partial charge is 0.478 e. The smallest absolute Gasteiger partial charge is 0.339 e. The predicted octanol–water partition coefficient (Wildman–Crippen LogP) is 1.03. The third-order valence-electron chi connectivity index (χ3n) is 4.05. The zero-order valence-corrected chi connectivity index (χ0v) is 12.2. The van der Waals surface area contributed by atoms with Crippen molar-refractivity contribution >= 4 is 22.7 Å². The molecule has 1 fully saturated rings. The van der Waals surface area contributed by atoms with Crippen LogP contribution in [-0.4, -0.2) is 57.4 Å². The SMILES string of the molecule is CN1CCC(CNc2c(C(=O)O)cnc3c2cnn3C)C1. The Hall–Kier alpha value is -2.15. The van der Waals surface area contributed by atoms with Crippen LogP contribution < -0.4 is 5.32 Å². The molecule has 0 aromatic carbocycles. The minimum atomic E-state index is -0.973. The van der Waals surface area contributed by atoms with Crippen LogP contribution in [0.25, 0.3) is 11.0 Å². The third-order valence-corrected chi connectivity index (χ3v) is 4.05. The number of aryl methyl sites for hydroxylation is 1. The number of aromatic nitrogens is 3. The van der Waals surface area contributed by atoms with E-state index in [-0.39, 0.29) is 5.56 Å². The van der Waals surface area contributed by atoms with E-state index in [0.29, 0.717) is 17.3 Å². The van der Waals surface area contributed by atoms with Crippen molar-refractivity contribution in [1.82, 2.24) is 19.7 Å². The van der Waals surface area contributed by atoms with Gasteiger partial charge < -0.3 is 15.3 Å². The van der Waals surface area contributed by atoms with Crippen molar-refractivity contribution in [2.24, 2.45) is 13.0 Å². The molecule has 1 unspecified atom stereocenters. The second kappa shape index (κ2) is 5.33. The minimum Gasteiger partial charge on any atom is -0.478 e. The van der Waals surface area contributed by atoms with Gasteiger partial charge in [-0.15, -0.1) is 0 Å². The van der Waals surface area contributed by atoms with Gasteiger partial charge in [-0.1, -0.05) is 0 Å². The number of pyridine rings is 1. The van der Waals surface area contributed by atoms with E-state index in [0.717, 1.165) is 31.4 Å². The summed E-state index contributed by atoms with van der Waals surface area (Å²) in [6.07, 6.45) is 4.19. The summed E-state index contributed by atoms with van der Waals surface area (Å²) in [5, 5.41) is 17.6. The van der Waals surface area contributed by atoms with Gasteiger partial charge in [0.15, 0.2) is 5.65 Å². The van der Waals surface area contributed by atoms with Crippen molar-refractivity contribution in [3.05, 3.63) is 18.0 Å². The molecule has 2 aromatic heterocycles. The van der Waals surface area contributed by atoms with Gasteiger partial charge in [-0.2, -0.15) is 5.10 Å². The molecular formula is C14H19N5O2. The maximum absolute atomic E-state index is 11.4. The zero-order chi connectivity index (χ0) is 15.0. The van der Waals surface area contributed by atoms with Crippen molar-refractivity contribution in [3.8, 4) is 0 Å². The first-order chi connectivity index (χ1) is 10.1. The summed E-state index contributed by atoms with van der Waals surface area (Å²) >= 11 is 0. The predicted molar refractivity (Wildman–Crippen MR) is 79.6 cm³/mol. The van der Waals surface area contributed by atoms with E-state index in [1.54, 1.807) is 17.9 Å². The molecule has 2 aromatic rings. The number of fused-ring (bicyclic) bond motifs is 1. The van der Waals surface area contributed by atoms with E-state index in [1.807, 2.05) is 0 Å². The standard InChI is InChI=1S/C14H19N5O2/c1-18-4-3-9(8-18)5-15-12-10-7-17-19(2)13(10)16-6-11(12)14(20)21/h6-7,9H,3-5,8H2,1-2H3,(H,15,16)(H,20,21). The number of hydrogen-bond acceptors (Lipinski definition) is 5. The summed E-state index contributed by atoms with van der Waals surface area (Å²) in [5.74, 6) is -0.434. The van der Waals surface area contributed by atoms with E-state index in [1.165, 1.54) is 6.20 Å². The molecule has 112 valence electrons. The summed E-state index contributed by atoms with van der Waals surface area (Å²) in [5.41, 5.74) is 1.50. The molecule has 7 heteroatoms. The van der Waals surface area contributed by atoms with Gasteiger partial charge in [0, 0.05) is 26.3 Å². The Morgan fingerprint density at radius 2 is 2.29 bits per heavy atom. The summed E-state index contributed by atoms with van der Waals surface area (Å²) in [6, 6.07) is 0. The Morgan fingerprint density at radius 3 is 2.95 bits per heavy atom. The van der Waals surface area contributed by atoms with Crippen LogP contribution >= 0.6 is 0 Å². The van der Waals surface area contributed by atoms with Crippen molar-refractivity contribution in [2.45, 2.75) is 6.42 Å². The summed E-state index contributed by atoms with van der Waals surface area (Å²) in [4.78, 5) is 17.9. The van der Waals surface area contributed by atoms with E-state index in [9.17, 15) is 9.90 Å². The molecule has 0 aliphatic carbocycles. The maximum Gasteiger partial charge on any atom is 0.339 e. The fourth-order valence-corrected chi connectivity index (χ4v) is 2.89. The Balaban J connectivity index is 1.91. The fraction of sp³-hybridized carbons (Fsp3) is 0.500.